The van der Waals surface area contributed by atoms with Crippen LogP contribution in [0.25, 0.3) is 22.3 Å². The molecule has 6 aromatic rings. The van der Waals surface area contributed by atoms with Crippen molar-refractivity contribution in [1.82, 2.24) is 10.6 Å². The lowest BCUT2D eigenvalue weighted by molar-refractivity contribution is 0.197. The third-order valence-corrected chi connectivity index (χ3v) is 8.07. The van der Waals surface area contributed by atoms with Gasteiger partial charge in [-0.05, 0) is 49.2 Å². The second-order valence-corrected chi connectivity index (χ2v) is 11.9. The summed E-state index contributed by atoms with van der Waals surface area (Å²) in [5.41, 5.74) is 5.52. The van der Waals surface area contributed by atoms with Gasteiger partial charge in [0.05, 0.1) is 0 Å². The lowest BCUT2D eigenvalue weighted by Crippen LogP contribution is -2.27. The average molecular weight is 681 g/mol. The molecular weight excluding hydrogens is 644 g/mol. The molecule has 256 valence electrons. The molecule has 0 heterocycles. The van der Waals surface area contributed by atoms with Crippen LogP contribution in [0.4, 0.5) is 9.59 Å². The topological polar surface area (TPSA) is 126 Å². The fourth-order valence-electron chi connectivity index (χ4n) is 5.37. The Morgan fingerprint density at radius 3 is 1.25 bits per heavy atom. The molecular formula is C42H36N2O7. The molecule has 2 amide bonds. The Balaban J connectivity index is 1.36. The number of phenolic OH excluding ortho intramolecular Hbond substituents is 2. The summed E-state index contributed by atoms with van der Waals surface area (Å²) >= 11 is 0. The largest absolute Gasteiger partial charge is 0.507 e. The molecule has 0 radical (unpaired) electrons. The van der Waals surface area contributed by atoms with E-state index < -0.39 is 12.2 Å². The van der Waals surface area contributed by atoms with Crippen molar-refractivity contribution in [3.8, 4) is 56.8 Å². The zero-order valence-corrected chi connectivity index (χ0v) is 28.1. The van der Waals surface area contributed by atoms with Crippen LogP contribution in [0.3, 0.4) is 0 Å². The van der Waals surface area contributed by atoms with Crippen molar-refractivity contribution in [2.75, 3.05) is 0 Å². The Morgan fingerprint density at radius 2 is 0.863 bits per heavy atom. The first-order chi connectivity index (χ1) is 24.7. The van der Waals surface area contributed by atoms with Gasteiger partial charge in [-0.1, -0.05) is 120 Å². The van der Waals surface area contributed by atoms with E-state index in [0.29, 0.717) is 22.3 Å². The third kappa shape index (κ3) is 8.47. The van der Waals surface area contributed by atoms with Crippen LogP contribution in [0.1, 0.15) is 22.3 Å². The Bertz CT molecular complexity index is 2010. The van der Waals surface area contributed by atoms with Gasteiger partial charge in [-0.15, -0.1) is 0 Å². The highest BCUT2D eigenvalue weighted by Crippen LogP contribution is 2.47. The van der Waals surface area contributed by atoms with Gasteiger partial charge in [0.2, 0.25) is 0 Å². The van der Waals surface area contributed by atoms with Crippen molar-refractivity contribution in [3.63, 3.8) is 0 Å². The van der Waals surface area contributed by atoms with Crippen molar-refractivity contribution in [1.29, 1.82) is 0 Å². The van der Waals surface area contributed by atoms with Crippen LogP contribution in [0, 0.1) is 13.8 Å². The quantitative estimate of drug-likeness (QED) is 0.114. The number of nitrogens with one attached hydrogen (secondary N) is 2. The highest BCUT2D eigenvalue weighted by Gasteiger charge is 2.23. The van der Waals surface area contributed by atoms with E-state index in [1.807, 2.05) is 62.4 Å². The number of rotatable bonds is 10. The van der Waals surface area contributed by atoms with Crippen LogP contribution in [-0.4, -0.2) is 22.4 Å². The van der Waals surface area contributed by atoms with Crippen molar-refractivity contribution in [2.45, 2.75) is 26.9 Å². The van der Waals surface area contributed by atoms with E-state index in [1.54, 1.807) is 72.8 Å². The minimum atomic E-state index is -0.752. The van der Waals surface area contributed by atoms with Gasteiger partial charge in [0, 0.05) is 35.3 Å². The lowest BCUT2D eigenvalue weighted by atomic mass is 10.0. The molecule has 0 fully saturated rings. The van der Waals surface area contributed by atoms with Gasteiger partial charge >= 0.3 is 12.2 Å². The first-order valence-corrected chi connectivity index (χ1v) is 16.3. The Kier molecular flexibility index (Phi) is 10.5. The Hall–Kier alpha value is -6.74. The maximum Gasteiger partial charge on any atom is 0.413 e. The molecule has 0 aliphatic rings. The van der Waals surface area contributed by atoms with Crippen molar-refractivity contribution >= 4 is 12.2 Å². The molecule has 0 unspecified atom stereocenters. The number of phenols is 2. The summed E-state index contributed by atoms with van der Waals surface area (Å²) in [7, 11) is 0. The summed E-state index contributed by atoms with van der Waals surface area (Å²) in [6.07, 6.45) is -1.50. The molecule has 6 aromatic carbocycles. The SMILES string of the molecule is Cc1ccc(CNC(=O)Oc2c(Oc3cccc(-c4ccccc4O)c3OC(=O)NCc3ccc(C)cc3)cccc2-c2ccccc2O)cc1. The number of amides is 2. The zero-order valence-electron chi connectivity index (χ0n) is 28.1. The molecule has 0 aliphatic carbocycles. The molecule has 0 aromatic heterocycles. The predicted molar refractivity (Wildman–Crippen MR) is 195 cm³/mol. The molecule has 0 spiro atoms. The smallest absolute Gasteiger partial charge is 0.413 e. The highest BCUT2D eigenvalue weighted by molar-refractivity contribution is 5.84. The van der Waals surface area contributed by atoms with E-state index >= 15 is 0 Å². The number of hydrogen-bond acceptors (Lipinski definition) is 7. The summed E-state index contributed by atoms with van der Waals surface area (Å²) in [5, 5.41) is 27.1. The maximum atomic E-state index is 13.3. The van der Waals surface area contributed by atoms with Crippen LogP contribution in [-0.2, 0) is 13.1 Å². The highest BCUT2D eigenvalue weighted by atomic mass is 16.6. The van der Waals surface area contributed by atoms with Gasteiger partial charge in [0.25, 0.3) is 0 Å². The van der Waals surface area contributed by atoms with E-state index in [9.17, 15) is 19.8 Å². The standard InChI is InChI=1S/C42H36N2O7/c1-27-17-21-29(22-18-27)25-43-41(47)50-39-33(31-9-3-5-13-35(31)45)11-7-15-37(39)49-38-16-8-12-34(32-10-4-6-14-36(32)46)40(38)51-42(48)44-26-30-23-19-28(2)20-24-30/h3-24,45-46H,25-26H2,1-2H3,(H,43,47)(H,44,48). The van der Waals surface area contributed by atoms with E-state index in [0.717, 1.165) is 22.3 Å². The number of hydrogen-bond donors (Lipinski definition) is 4. The molecule has 0 aliphatic heterocycles. The van der Waals surface area contributed by atoms with Crippen LogP contribution >= 0.6 is 0 Å². The Morgan fingerprint density at radius 1 is 0.490 bits per heavy atom. The van der Waals surface area contributed by atoms with Gasteiger partial charge < -0.3 is 35.1 Å². The van der Waals surface area contributed by atoms with E-state index in [1.165, 1.54) is 12.1 Å². The van der Waals surface area contributed by atoms with Crippen LogP contribution in [0.15, 0.2) is 133 Å². The number of aromatic hydroxyl groups is 2. The van der Waals surface area contributed by atoms with Crippen molar-refractivity contribution in [3.05, 3.63) is 156 Å². The van der Waals surface area contributed by atoms with E-state index in [4.69, 9.17) is 14.2 Å². The number of aryl methyl sites for hydroxylation is 2. The fraction of sp³-hybridized carbons (Fsp3) is 0.0952. The molecule has 0 bridgehead atoms. The van der Waals surface area contributed by atoms with E-state index in [-0.39, 0.29) is 47.6 Å². The van der Waals surface area contributed by atoms with E-state index in [2.05, 4.69) is 10.6 Å². The summed E-state index contributed by atoms with van der Waals surface area (Å²) in [6.45, 7) is 4.39. The second-order valence-electron chi connectivity index (χ2n) is 11.9. The summed E-state index contributed by atoms with van der Waals surface area (Å²) in [6, 6.07) is 38.7. The number of ether oxygens (including phenoxy) is 3. The van der Waals surface area contributed by atoms with Gasteiger partial charge in [0.1, 0.15) is 11.5 Å². The number of benzene rings is 6. The molecule has 4 N–H and O–H groups in total. The second kappa shape index (κ2) is 15.7. The minimum absolute atomic E-state index is 0.0168. The van der Waals surface area contributed by atoms with Crippen LogP contribution in [0.2, 0.25) is 0 Å². The number of carbonyl (C=O) groups excluding carboxylic acids is 2. The summed E-state index contributed by atoms with van der Waals surface area (Å²) < 4.78 is 18.2. The monoisotopic (exact) mass is 680 g/mol. The molecule has 9 heteroatoms. The molecule has 0 saturated carbocycles. The lowest BCUT2D eigenvalue weighted by Gasteiger charge is -2.19. The predicted octanol–water partition coefficient (Wildman–Crippen LogP) is 9.42. The first kappa shape index (κ1) is 34.1. The maximum absolute atomic E-state index is 13.3. The first-order valence-electron chi connectivity index (χ1n) is 16.3. The minimum Gasteiger partial charge on any atom is -0.507 e. The Labute approximate surface area is 295 Å². The van der Waals surface area contributed by atoms with Crippen molar-refractivity contribution in [2.24, 2.45) is 0 Å². The molecule has 9 nitrogen and oxygen atoms in total. The number of para-hydroxylation sites is 4. The normalized spacial score (nSPS) is 10.6. The molecule has 0 atom stereocenters. The summed E-state index contributed by atoms with van der Waals surface area (Å²) in [5.74, 6) is 0.165. The average Bonchev–Trinajstić information content (AvgIpc) is 3.13. The number of carbonyl (C=O) groups is 2. The molecule has 51 heavy (non-hydrogen) atoms. The third-order valence-electron chi connectivity index (χ3n) is 8.07. The van der Waals surface area contributed by atoms with Gasteiger partial charge in [0.15, 0.2) is 23.0 Å². The van der Waals surface area contributed by atoms with Gasteiger partial charge in [-0.25, -0.2) is 9.59 Å². The fourth-order valence-corrected chi connectivity index (χ4v) is 5.37. The van der Waals surface area contributed by atoms with Gasteiger partial charge in [-0.2, -0.15) is 0 Å². The zero-order chi connectivity index (χ0) is 35.7. The van der Waals surface area contributed by atoms with Gasteiger partial charge in [-0.3, -0.25) is 0 Å². The van der Waals surface area contributed by atoms with Crippen LogP contribution in [0.5, 0.6) is 34.5 Å². The van der Waals surface area contributed by atoms with Crippen LogP contribution < -0.4 is 24.8 Å². The summed E-state index contributed by atoms with van der Waals surface area (Å²) in [4.78, 5) is 26.5. The molecule has 0 saturated heterocycles. The van der Waals surface area contributed by atoms with Crippen molar-refractivity contribution < 1.29 is 34.0 Å². The molecule has 6 rings (SSSR count).